The Morgan fingerprint density at radius 1 is 0.944 bits per heavy atom. The van der Waals surface area contributed by atoms with Crippen LogP contribution in [0.2, 0.25) is 0 Å². The molecule has 104 valence electrons. The van der Waals surface area contributed by atoms with Crippen molar-refractivity contribution in [1.29, 1.82) is 0 Å². The molecule has 0 aliphatic rings. The van der Waals surface area contributed by atoms with Gasteiger partial charge in [-0.05, 0) is 38.9 Å². The summed E-state index contributed by atoms with van der Waals surface area (Å²) in [4.78, 5) is 11.1. The van der Waals surface area contributed by atoms with E-state index >= 15 is 0 Å². The van der Waals surface area contributed by atoms with Gasteiger partial charge < -0.3 is 19.9 Å². The molecule has 0 rings (SSSR count). The molecule has 0 aromatic carbocycles. The number of hydrogen-bond donors (Lipinski definition) is 1. The zero-order chi connectivity index (χ0) is 13.5. The molecule has 0 radical (unpaired) electrons. The monoisotopic (exact) mass is 269 g/mol. The number of hydrogen-bond acceptors (Lipinski definition) is 3. The van der Waals surface area contributed by atoms with Crippen LogP contribution in [0.1, 0.15) is 59.3 Å². The molecule has 0 amide bonds. The predicted molar refractivity (Wildman–Crippen MR) is 69.2 cm³/mol. The maximum atomic E-state index is 8.44. The van der Waals surface area contributed by atoms with E-state index < -0.39 is 6.16 Å². The minimum absolute atomic E-state index is 0. The molecule has 0 saturated carbocycles. The number of carboxylic acid groups (broad SMARTS) is 2. The normalized spacial score (nSPS) is 9.33. The van der Waals surface area contributed by atoms with Gasteiger partial charge in [0.15, 0.2) is 0 Å². The maximum Gasteiger partial charge on any atom is 1.00 e. The van der Waals surface area contributed by atoms with Gasteiger partial charge in [-0.2, -0.15) is 0 Å². The van der Waals surface area contributed by atoms with Crippen molar-refractivity contribution >= 4 is 6.16 Å². The largest absolute Gasteiger partial charge is 1.00 e. The molecular formula is C13H28NNaO3. The van der Waals surface area contributed by atoms with Gasteiger partial charge in [0.05, 0.1) is 0 Å². The van der Waals surface area contributed by atoms with E-state index in [0.717, 1.165) is 0 Å². The summed E-state index contributed by atoms with van der Waals surface area (Å²) >= 11 is 0. The zero-order valence-electron chi connectivity index (χ0n) is 12.6. The Kier molecular flexibility index (Phi) is 25.4. The standard InChI is InChI=1S/C12H27N.CH2O3.Na/c1-4-7-10-13(11-8-5-2)12-9-6-3;2-1(3)4;/h4-12H2,1-3H3;(H2,2,3,4);/q;;+1/p-1. The molecule has 0 saturated heterocycles. The van der Waals surface area contributed by atoms with Gasteiger partial charge in [0, 0.05) is 0 Å². The fourth-order valence-electron chi connectivity index (χ4n) is 1.48. The van der Waals surface area contributed by atoms with Crippen LogP contribution in [-0.4, -0.2) is 35.8 Å². The van der Waals surface area contributed by atoms with Gasteiger partial charge in [0.25, 0.3) is 0 Å². The smallest absolute Gasteiger partial charge is 0.565 e. The van der Waals surface area contributed by atoms with Crippen molar-refractivity contribution in [2.45, 2.75) is 59.3 Å². The van der Waals surface area contributed by atoms with Crippen LogP contribution in [-0.2, 0) is 0 Å². The van der Waals surface area contributed by atoms with Gasteiger partial charge in [-0.3, -0.25) is 0 Å². The quantitative estimate of drug-likeness (QED) is 0.578. The first-order chi connectivity index (χ1) is 8.08. The van der Waals surface area contributed by atoms with Crippen molar-refractivity contribution in [2.75, 3.05) is 19.6 Å². The molecule has 18 heavy (non-hydrogen) atoms. The Morgan fingerprint density at radius 2 is 1.17 bits per heavy atom. The minimum atomic E-state index is -2.08. The van der Waals surface area contributed by atoms with Crippen LogP contribution in [0.15, 0.2) is 0 Å². The van der Waals surface area contributed by atoms with E-state index in [1.165, 1.54) is 58.2 Å². The molecule has 0 unspecified atom stereocenters. The van der Waals surface area contributed by atoms with Crippen molar-refractivity contribution in [3.8, 4) is 0 Å². The summed E-state index contributed by atoms with van der Waals surface area (Å²) in [6.45, 7) is 10.8. The molecule has 0 spiro atoms. The molecule has 1 N–H and O–H groups in total. The van der Waals surface area contributed by atoms with E-state index in [9.17, 15) is 0 Å². The molecule has 0 aliphatic carbocycles. The summed E-state index contributed by atoms with van der Waals surface area (Å²) in [5.41, 5.74) is 0. The fraction of sp³-hybridized carbons (Fsp3) is 0.923. The van der Waals surface area contributed by atoms with Gasteiger partial charge in [-0.15, -0.1) is 0 Å². The minimum Gasteiger partial charge on any atom is -0.565 e. The van der Waals surface area contributed by atoms with Crippen molar-refractivity contribution in [1.82, 2.24) is 4.90 Å². The summed E-state index contributed by atoms with van der Waals surface area (Å²) in [5.74, 6) is 0. The first-order valence-electron chi connectivity index (χ1n) is 6.70. The summed E-state index contributed by atoms with van der Waals surface area (Å²) in [6, 6.07) is 0. The van der Waals surface area contributed by atoms with E-state index in [-0.39, 0.29) is 29.6 Å². The molecule has 4 nitrogen and oxygen atoms in total. The molecule has 0 fully saturated rings. The number of unbranched alkanes of at least 4 members (excludes halogenated alkanes) is 3. The Hall–Kier alpha value is 0.230. The number of nitrogens with zero attached hydrogens (tertiary/aromatic N) is 1. The zero-order valence-corrected chi connectivity index (χ0v) is 14.6. The summed E-state index contributed by atoms with van der Waals surface area (Å²) in [7, 11) is 0. The fourth-order valence-corrected chi connectivity index (χ4v) is 1.48. The first-order valence-corrected chi connectivity index (χ1v) is 6.70. The first kappa shape index (κ1) is 23.3. The second-order valence-electron chi connectivity index (χ2n) is 4.17. The van der Waals surface area contributed by atoms with Gasteiger partial charge in [0.2, 0.25) is 6.16 Å². The third kappa shape index (κ3) is 25.2. The van der Waals surface area contributed by atoms with Crippen LogP contribution in [0.3, 0.4) is 0 Å². The Morgan fingerprint density at radius 3 is 1.33 bits per heavy atom. The Labute approximate surface area is 134 Å². The molecule has 0 bridgehead atoms. The average Bonchev–Trinajstić information content (AvgIpc) is 2.27. The van der Waals surface area contributed by atoms with Crippen LogP contribution in [0.4, 0.5) is 4.79 Å². The number of rotatable bonds is 9. The topological polar surface area (TPSA) is 63.6 Å². The third-order valence-corrected chi connectivity index (χ3v) is 2.48. The van der Waals surface area contributed by atoms with Crippen molar-refractivity contribution < 1.29 is 44.6 Å². The number of carbonyl (C=O) groups is 1. The molecule has 0 atom stereocenters. The van der Waals surface area contributed by atoms with Gasteiger partial charge in [-0.1, -0.05) is 40.0 Å². The molecule has 0 heterocycles. The van der Waals surface area contributed by atoms with Crippen molar-refractivity contribution in [3.05, 3.63) is 0 Å². The Balaban J connectivity index is -0.000000392. The van der Waals surface area contributed by atoms with Crippen LogP contribution in [0.25, 0.3) is 0 Å². The molecule has 0 aromatic heterocycles. The van der Waals surface area contributed by atoms with E-state index in [0.29, 0.717) is 0 Å². The van der Waals surface area contributed by atoms with Crippen molar-refractivity contribution in [2.24, 2.45) is 0 Å². The van der Waals surface area contributed by atoms with E-state index in [1.54, 1.807) is 0 Å². The molecule has 0 aromatic rings. The Bertz CT molecular complexity index is 145. The second kappa shape index (κ2) is 19.6. The summed E-state index contributed by atoms with van der Waals surface area (Å²) < 4.78 is 0. The summed E-state index contributed by atoms with van der Waals surface area (Å²) in [5, 5.41) is 15.3. The van der Waals surface area contributed by atoms with E-state index in [1.807, 2.05) is 0 Å². The van der Waals surface area contributed by atoms with Crippen molar-refractivity contribution in [3.63, 3.8) is 0 Å². The van der Waals surface area contributed by atoms with Gasteiger partial charge in [-0.25, -0.2) is 0 Å². The van der Waals surface area contributed by atoms with Crippen LogP contribution in [0, 0.1) is 0 Å². The van der Waals surface area contributed by atoms with Gasteiger partial charge in [0.1, 0.15) is 0 Å². The SMILES string of the molecule is CCCCN(CCCC)CCCC.O=C([O-])O.[Na+]. The van der Waals surface area contributed by atoms with Crippen LogP contribution in [0.5, 0.6) is 0 Å². The van der Waals surface area contributed by atoms with E-state index in [4.69, 9.17) is 15.0 Å². The molecule has 5 heteroatoms. The maximum absolute atomic E-state index is 8.44. The average molecular weight is 269 g/mol. The van der Waals surface area contributed by atoms with Crippen LogP contribution < -0.4 is 34.7 Å². The molecular weight excluding hydrogens is 241 g/mol. The predicted octanol–water partition coefficient (Wildman–Crippen LogP) is -0.420. The van der Waals surface area contributed by atoms with Crippen LogP contribution >= 0.6 is 0 Å². The van der Waals surface area contributed by atoms with E-state index in [2.05, 4.69) is 25.7 Å². The second-order valence-corrected chi connectivity index (χ2v) is 4.17. The van der Waals surface area contributed by atoms with Gasteiger partial charge >= 0.3 is 29.6 Å². The molecule has 0 aliphatic heterocycles. The summed E-state index contributed by atoms with van der Waals surface area (Å²) in [6.07, 6.45) is 6.01. The third-order valence-electron chi connectivity index (χ3n) is 2.48.